The highest BCUT2D eigenvalue weighted by atomic mass is 32.2. The van der Waals surface area contributed by atoms with E-state index in [4.69, 9.17) is 9.52 Å². The minimum absolute atomic E-state index is 0.0353. The van der Waals surface area contributed by atoms with Gasteiger partial charge in [0.15, 0.2) is 0 Å². The van der Waals surface area contributed by atoms with E-state index in [2.05, 4.69) is 6.07 Å². The van der Waals surface area contributed by atoms with Crippen LogP contribution in [0, 0.1) is 20.8 Å². The lowest BCUT2D eigenvalue weighted by atomic mass is 10.2. The van der Waals surface area contributed by atoms with Gasteiger partial charge in [0.2, 0.25) is 5.91 Å². The Morgan fingerprint density at radius 2 is 1.92 bits per heavy atom. The molecule has 1 N–H and O–H groups in total. The van der Waals surface area contributed by atoms with Crippen molar-refractivity contribution in [3.8, 4) is 0 Å². The highest BCUT2D eigenvalue weighted by molar-refractivity contribution is 8.00. The van der Waals surface area contributed by atoms with Crippen LogP contribution in [0.3, 0.4) is 0 Å². The molecule has 1 heterocycles. The number of carboxylic acid groups (broad SMARTS) is 1. The zero-order valence-corrected chi connectivity index (χ0v) is 15.1. The summed E-state index contributed by atoms with van der Waals surface area (Å²) in [4.78, 5) is 26.0. The maximum atomic E-state index is 12.3. The lowest BCUT2D eigenvalue weighted by molar-refractivity contribution is -0.127. The molecule has 1 aromatic heterocycles. The first-order valence-electron chi connectivity index (χ1n) is 7.54. The molecular weight excluding hydrogens is 326 g/mol. The zero-order chi connectivity index (χ0) is 17.9. The van der Waals surface area contributed by atoms with Gasteiger partial charge in [-0.1, -0.05) is 17.7 Å². The summed E-state index contributed by atoms with van der Waals surface area (Å²) in [5, 5.41) is 9.04. The minimum atomic E-state index is -1.03. The average molecular weight is 347 g/mol. The topological polar surface area (TPSA) is 70.8 Å². The van der Waals surface area contributed by atoms with E-state index in [1.165, 1.54) is 17.8 Å². The van der Waals surface area contributed by atoms with Gasteiger partial charge >= 0.3 is 5.97 Å². The predicted molar refractivity (Wildman–Crippen MR) is 93.5 cm³/mol. The molecule has 2 aromatic rings. The molecule has 0 aliphatic heterocycles. The molecule has 24 heavy (non-hydrogen) atoms. The van der Waals surface area contributed by atoms with Gasteiger partial charge in [-0.05, 0) is 38.5 Å². The molecule has 1 aromatic carbocycles. The molecular formula is C18H21NO4S. The van der Waals surface area contributed by atoms with Crippen LogP contribution in [0.4, 0.5) is 0 Å². The summed E-state index contributed by atoms with van der Waals surface area (Å²) in [6.07, 6.45) is 0. The van der Waals surface area contributed by atoms with E-state index >= 15 is 0 Å². The van der Waals surface area contributed by atoms with E-state index in [0.29, 0.717) is 17.3 Å². The second-order valence-corrected chi connectivity index (χ2v) is 6.81. The van der Waals surface area contributed by atoms with Crippen molar-refractivity contribution in [1.82, 2.24) is 4.90 Å². The molecule has 5 nitrogen and oxygen atoms in total. The van der Waals surface area contributed by atoms with Crippen molar-refractivity contribution in [2.75, 3.05) is 12.8 Å². The van der Waals surface area contributed by atoms with Gasteiger partial charge in [-0.2, -0.15) is 0 Å². The molecule has 0 fully saturated rings. The molecule has 0 atom stereocenters. The van der Waals surface area contributed by atoms with Crippen molar-refractivity contribution >= 4 is 23.6 Å². The number of nitrogens with zero attached hydrogens (tertiary/aromatic N) is 1. The number of benzene rings is 1. The van der Waals surface area contributed by atoms with Gasteiger partial charge in [0.25, 0.3) is 0 Å². The molecule has 0 saturated carbocycles. The van der Waals surface area contributed by atoms with Gasteiger partial charge in [-0.15, -0.1) is 11.8 Å². The smallest absolute Gasteiger partial charge is 0.339 e. The first-order valence-corrected chi connectivity index (χ1v) is 8.53. The third kappa shape index (κ3) is 4.41. The van der Waals surface area contributed by atoms with Crippen LogP contribution in [0.1, 0.15) is 33.0 Å². The maximum Gasteiger partial charge on any atom is 0.339 e. The van der Waals surface area contributed by atoms with E-state index in [-0.39, 0.29) is 18.0 Å². The van der Waals surface area contributed by atoms with Gasteiger partial charge in [-0.3, -0.25) is 4.79 Å². The molecule has 0 bridgehead atoms. The third-order valence-corrected chi connectivity index (χ3v) is 4.85. The molecule has 0 radical (unpaired) electrons. The van der Waals surface area contributed by atoms with Crippen LogP contribution in [0.15, 0.2) is 33.6 Å². The largest absolute Gasteiger partial charge is 0.478 e. The Morgan fingerprint density at radius 3 is 2.54 bits per heavy atom. The van der Waals surface area contributed by atoms with E-state index in [9.17, 15) is 9.59 Å². The number of aryl methyl sites for hydroxylation is 3. The first kappa shape index (κ1) is 18.1. The van der Waals surface area contributed by atoms with Gasteiger partial charge in [-0.25, -0.2) is 4.79 Å². The summed E-state index contributed by atoms with van der Waals surface area (Å²) in [5.74, 6) is 0.0844. The van der Waals surface area contributed by atoms with Gasteiger partial charge < -0.3 is 14.4 Å². The number of carboxylic acids is 1. The van der Waals surface area contributed by atoms with Crippen LogP contribution in [-0.4, -0.2) is 34.7 Å². The second kappa shape index (κ2) is 7.57. The lowest BCUT2D eigenvalue weighted by Gasteiger charge is -2.16. The summed E-state index contributed by atoms with van der Waals surface area (Å²) in [7, 11) is 1.68. The lowest BCUT2D eigenvalue weighted by Crippen LogP contribution is -2.27. The fourth-order valence-corrected chi connectivity index (χ4v) is 3.33. The van der Waals surface area contributed by atoms with Crippen molar-refractivity contribution in [1.29, 1.82) is 0 Å². The Morgan fingerprint density at radius 1 is 1.21 bits per heavy atom. The van der Waals surface area contributed by atoms with E-state index < -0.39 is 5.97 Å². The predicted octanol–water partition coefficient (Wildman–Crippen LogP) is 3.65. The number of carbonyl (C=O) groups is 2. The number of carbonyl (C=O) groups excluding carboxylic acids is 1. The van der Waals surface area contributed by atoms with Crippen LogP contribution >= 0.6 is 11.8 Å². The highest BCUT2D eigenvalue weighted by Crippen LogP contribution is 2.24. The number of furan rings is 1. The SMILES string of the molecule is Cc1ccc(C)c(SCC(=O)N(C)Cc2cc(C(=O)O)c(C)o2)c1. The monoisotopic (exact) mass is 347 g/mol. The maximum absolute atomic E-state index is 12.3. The molecule has 1 amide bonds. The molecule has 0 spiro atoms. The Bertz CT molecular complexity index is 766. The van der Waals surface area contributed by atoms with Crippen LogP contribution in [0.5, 0.6) is 0 Å². The normalized spacial score (nSPS) is 10.7. The van der Waals surface area contributed by atoms with Crippen LogP contribution in [0.25, 0.3) is 0 Å². The van der Waals surface area contributed by atoms with Crippen molar-refractivity contribution in [2.45, 2.75) is 32.2 Å². The number of hydrogen-bond donors (Lipinski definition) is 1. The van der Waals surface area contributed by atoms with Gasteiger partial charge in [0.1, 0.15) is 17.1 Å². The van der Waals surface area contributed by atoms with E-state index in [1.807, 2.05) is 26.0 Å². The molecule has 0 aliphatic carbocycles. The van der Waals surface area contributed by atoms with Crippen LogP contribution in [0.2, 0.25) is 0 Å². The summed E-state index contributed by atoms with van der Waals surface area (Å²) >= 11 is 1.51. The zero-order valence-electron chi connectivity index (χ0n) is 14.3. The molecule has 0 saturated heterocycles. The highest BCUT2D eigenvalue weighted by Gasteiger charge is 2.17. The number of amides is 1. The molecule has 128 valence electrons. The van der Waals surface area contributed by atoms with Gasteiger partial charge in [0, 0.05) is 11.9 Å². The fraction of sp³-hybridized carbons (Fsp3) is 0.333. The molecule has 0 unspecified atom stereocenters. The first-order chi connectivity index (χ1) is 11.3. The standard InChI is InChI=1S/C18H21NO4S/c1-11-5-6-12(2)16(7-11)24-10-17(20)19(4)9-14-8-15(18(21)22)13(3)23-14/h5-8H,9-10H2,1-4H3,(H,21,22). The number of thioether (sulfide) groups is 1. The van der Waals surface area contributed by atoms with Crippen LogP contribution < -0.4 is 0 Å². The summed E-state index contributed by atoms with van der Waals surface area (Å²) in [6, 6.07) is 7.64. The van der Waals surface area contributed by atoms with Crippen molar-refractivity contribution in [3.63, 3.8) is 0 Å². The average Bonchev–Trinajstić information content (AvgIpc) is 2.88. The van der Waals surface area contributed by atoms with Crippen molar-refractivity contribution < 1.29 is 19.1 Å². The molecule has 2 rings (SSSR count). The quantitative estimate of drug-likeness (QED) is 0.808. The third-order valence-electron chi connectivity index (χ3n) is 3.71. The Kier molecular flexibility index (Phi) is 5.72. The Hall–Kier alpha value is -2.21. The minimum Gasteiger partial charge on any atom is -0.478 e. The molecule has 6 heteroatoms. The number of hydrogen-bond acceptors (Lipinski definition) is 4. The van der Waals surface area contributed by atoms with E-state index in [1.54, 1.807) is 18.9 Å². The molecule has 0 aliphatic rings. The summed E-state index contributed by atoms with van der Waals surface area (Å²) < 4.78 is 5.41. The van der Waals surface area contributed by atoms with Crippen molar-refractivity contribution in [2.24, 2.45) is 0 Å². The number of rotatable bonds is 6. The number of aromatic carboxylic acids is 1. The fourth-order valence-electron chi connectivity index (χ4n) is 2.27. The van der Waals surface area contributed by atoms with Crippen LogP contribution in [-0.2, 0) is 11.3 Å². The summed E-state index contributed by atoms with van der Waals surface area (Å²) in [5.41, 5.74) is 2.44. The van der Waals surface area contributed by atoms with E-state index in [0.717, 1.165) is 16.0 Å². The Balaban J connectivity index is 1.96. The van der Waals surface area contributed by atoms with Crippen molar-refractivity contribution in [3.05, 3.63) is 52.5 Å². The Labute approximate surface area is 145 Å². The van der Waals surface area contributed by atoms with Gasteiger partial charge in [0.05, 0.1) is 12.3 Å². The summed E-state index contributed by atoms with van der Waals surface area (Å²) in [6.45, 7) is 5.90. The second-order valence-electron chi connectivity index (χ2n) is 5.80.